The number of hydrogen-bond donors (Lipinski definition) is 2. The van der Waals surface area contributed by atoms with Gasteiger partial charge in [0.05, 0.1) is 18.9 Å². The summed E-state index contributed by atoms with van der Waals surface area (Å²) in [7, 11) is 0. The lowest BCUT2D eigenvalue weighted by Crippen LogP contribution is -2.40. The number of nitrogens with zero attached hydrogens (tertiary/aromatic N) is 3. The van der Waals surface area contributed by atoms with Crippen LogP contribution in [0.3, 0.4) is 0 Å². The van der Waals surface area contributed by atoms with Crippen molar-refractivity contribution in [2.24, 2.45) is 0 Å². The highest BCUT2D eigenvalue weighted by Crippen LogP contribution is 2.25. The average molecular weight is 393 g/mol. The highest BCUT2D eigenvalue weighted by atomic mass is 16.5. The predicted molar refractivity (Wildman–Crippen MR) is 113 cm³/mol. The fourth-order valence-corrected chi connectivity index (χ4v) is 4.48. The first-order valence-electron chi connectivity index (χ1n) is 10.5. The molecule has 7 nitrogen and oxygen atoms in total. The molecular weight excluding hydrogens is 366 g/mol. The smallest absolute Gasteiger partial charge is 0.255 e. The second kappa shape index (κ2) is 7.65. The van der Waals surface area contributed by atoms with E-state index >= 15 is 0 Å². The van der Waals surface area contributed by atoms with Gasteiger partial charge in [-0.1, -0.05) is 25.1 Å². The van der Waals surface area contributed by atoms with Gasteiger partial charge in [-0.3, -0.25) is 14.7 Å². The zero-order valence-corrected chi connectivity index (χ0v) is 16.8. The average Bonchev–Trinajstić information content (AvgIpc) is 3.17. The molecule has 0 bridgehead atoms. The Kier molecular flexibility index (Phi) is 4.85. The van der Waals surface area contributed by atoms with E-state index in [0.29, 0.717) is 25.7 Å². The lowest BCUT2D eigenvalue weighted by Gasteiger charge is -2.30. The number of benzene rings is 1. The van der Waals surface area contributed by atoms with Crippen molar-refractivity contribution in [2.45, 2.75) is 32.9 Å². The van der Waals surface area contributed by atoms with Crippen LogP contribution < -0.4 is 10.5 Å². The number of aromatic amines is 2. The summed E-state index contributed by atoms with van der Waals surface area (Å²) in [4.78, 5) is 28.4. The van der Waals surface area contributed by atoms with Crippen molar-refractivity contribution in [3.63, 3.8) is 0 Å². The van der Waals surface area contributed by atoms with E-state index in [2.05, 4.69) is 51.1 Å². The summed E-state index contributed by atoms with van der Waals surface area (Å²) in [5, 5.41) is 1.29. The quantitative estimate of drug-likeness (QED) is 0.711. The molecule has 1 saturated heterocycles. The predicted octanol–water partition coefficient (Wildman–Crippen LogP) is 2.21. The highest BCUT2D eigenvalue weighted by molar-refractivity contribution is 5.86. The zero-order chi connectivity index (χ0) is 19.8. The Morgan fingerprint density at radius 3 is 2.86 bits per heavy atom. The largest absolute Gasteiger partial charge is 0.378 e. The maximum Gasteiger partial charge on any atom is 0.255 e. The minimum Gasteiger partial charge on any atom is -0.378 e. The Labute approximate surface area is 169 Å². The highest BCUT2D eigenvalue weighted by Gasteiger charge is 2.24. The van der Waals surface area contributed by atoms with Crippen molar-refractivity contribution >= 4 is 16.9 Å². The van der Waals surface area contributed by atoms with E-state index in [1.807, 2.05) is 0 Å². The van der Waals surface area contributed by atoms with E-state index < -0.39 is 0 Å². The molecule has 0 atom stereocenters. The fraction of sp³-hybridized carbons (Fsp3) is 0.455. The summed E-state index contributed by atoms with van der Waals surface area (Å²) in [6, 6.07) is 6.51. The Bertz CT molecular complexity index is 1080. The monoisotopic (exact) mass is 393 g/mol. The molecule has 2 aliphatic rings. The summed E-state index contributed by atoms with van der Waals surface area (Å²) < 4.78 is 5.42. The first kappa shape index (κ1) is 18.4. The van der Waals surface area contributed by atoms with Crippen LogP contribution in [0.25, 0.3) is 10.9 Å². The number of rotatable bonds is 4. The molecule has 29 heavy (non-hydrogen) atoms. The van der Waals surface area contributed by atoms with Gasteiger partial charge in [-0.15, -0.1) is 0 Å². The Morgan fingerprint density at radius 2 is 2.03 bits per heavy atom. The minimum absolute atomic E-state index is 0.0100. The summed E-state index contributed by atoms with van der Waals surface area (Å²) >= 11 is 0. The normalized spacial score (nSPS) is 17.6. The van der Waals surface area contributed by atoms with E-state index in [1.165, 1.54) is 22.0 Å². The van der Waals surface area contributed by atoms with Crippen molar-refractivity contribution in [1.82, 2.24) is 19.9 Å². The lowest BCUT2D eigenvalue weighted by molar-refractivity contribution is 0.122. The van der Waals surface area contributed by atoms with E-state index in [1.54, 1.807) is 0 Å². The van der Waals surface area contributed by atoms with Gasteiger partial charge >= 0.3 is 0 Å². The van der Waals surface area contributed by atoms with Crippen LogP contribution in [0.15, 0.2) is 29.2 Å². The molecule has 2 aromatic heterocycles. The van der Waals surface area contributed by atoms with Gasteiger partial charge in [0.25, 0.3) is 5.56 Å². The fourth-order valence-electron chi connectivity index (χ4n) is 4.48. The standard InChI is InChI=1S/C22H27N5O2/c1-2-15-4-3-5-17-16(12-23-20(15)17)13-26-7-6-18-19(14-26)24-22(25-21(18)28)27-8-10-29-11-9-27/h3-5,12,23H,2,6-11,13-14H2,1H3,(H,24,25,28). The van der Waals surface area contributed by atoms with E-state index in [9.17, 15) is 4.79 Å². The number of morpholine rings is 1. The second-order valence-electron chi connectivity index (χ2n) is 7.88. The third kappa shape index (κ3) is 3.45. The van der Waals surface area contributed by atoms with E-state index in [0.717, 1.165) is 50.3 Å². The number of ether oxygens (including phenoxy) is 1. The Morgan fingerprint density at radius 1 is 1.17 bits per heavy atom. The molecule has 3 aromatic rings. The molecular formula is C22H27N5O2. The summed E-state index contributed by atoms with van der Waals surface area (Å²) in [5.41, 5.74) is 5.65. The van der Waals surface area contributed by atoms with Crippen LogP contribution in [0.2, 0.25) is 0 Å². The molecule has 5 rings (SSSR count). The SMILES string of the molecule is CCc1cccc2c(CN3CCc4c(nc(N5CCOCC5)[nH]c4=O)C3)c[nH]c12. The topological polar surface area (TPSA) is 77.2 Å². The molecule has 2 N–H and O–H groups in total. The third-order valence-corrected chi connectivity index (χ3v) is 6.11. The zero-order valence-electron chi connectivity index (χ0n) is 16.8. The Hall–Kier alpha value is -2.64. The molecule has 0 saturated carbocycles. The number of hydrogen-bond acceptors (Lipinski definition) is 5. The van der Waals surface area contributed by atoms with E-state index in [4.69, 9.17) is 9.72 Å². The van der Waals surface area contributed by atoms with Gasteiger partial charge in [0.1, 0.15) is 0 Å². The molecule has 0 aliphatic carbocycles. The number of aromatic nitrogens is 3. The van der Waals surface area contributed by atoms with Gasteiger partial charge in [-0.25, -0.2) is 4.98 Å². The van der Waals surface area contributed by atoms with Gasteiger partial charge in [0.15, 0.2) is 0 Å². The van der Waals surface area contributed by atoms with Crippen molar-refractivity contribution in [2.75, 3.05) is 37.7 Å². The first-order chi connectivity index (χ1) is 14.2. The number of H-pyrrole nitrogens is 2. The molecule has 7 heteroatoms. The van der Waals surface area contributed by atoms with Crippen molar-refractivity contribution in [3.05, 3.63) is 57.1 Å². The molecule has 152 valence electrons. The van der Waals surface area contributed by atoms with Gasteiger partial charge in [0, 0.05) is 55.4 Å². The van der Waals surface area contributed by atoms with E-state index in [-0.39, 0.29) is 5.56 Å². The molecule has 0 amide bonds. The molecule has 1 fully saturated rings. The number of fused-ring (bicyclic) bond motifs is 2. The number of aryl methyl sites for hydroxylation is 1. The van der Waals surface area contributed by atoms with Crippen LogP contribution in [-0.2, 0) is 30.7 Å². The van der Waals surface area contributed by atoms with Crippen LogP contribution in [-0.4, -0.2) is 52.7 Å². The minimum atomic E-state index is 0.0100. The second-order valence-corrected chi connectivity index (χ2v) is 7.88. The van der Waals surface area contributed by atoms with Crippen LogP contribution >= 0.6 is 0 Å². The molecule has 0 spiro atoms. The lowest BCUT2D eigenvalue weighted by atomic mass is 10.0. The third-order valence-electron chi connectivity index (χ3n) is 6.11. The van der Waals surface area contributed by atoms with Crippen LogP contribution in [0, 0.1) is 0 Å². The molecule has 1 aromatic carbocycles. The number of para-hydroxylation sites is 1. The van der Waals surface area contributed by atoms with Crippen molar-refractivity contribution < 1.29 is 4.74 Å². The summed E-state index contributed by atoms with van der Waals surface area (Å²) in [5.74, 6) is 0.679. The maximum atomic E-state index is 12.6. The maximum absolute atomic E-state index is 12.6. The van der Waals surface area contributed by atoms with Crippen LogP contribution in [0.4, 0.5) is 5.95 Å². The number of anilines is 1. The van der Waals surface area contributed by atoms with Gasteiger partial charge in [-0.05, 0) is 24.0 Å². The van der Waals surface area contributed by atoms with Gasteiger partial charge in [-0.2, -0.15) is 0 Å². The molecule has 2 aliphatic heterocycles. The van der Waals surface area contributed by atoms with Crippen molar-refractivity contribution in [1.29, 1.82) is 0 Å². The molecule has 0 radical (unpaired) electrons. The summed E-state index contributed by atoms with van der Waals surface area (Å²) in [6.07, 6.45) is 3.89. The molecule has 4 heterocycles. The Balaban J connectivity index is 1.39. The van der Waals surface area contributed by atoms with Crippen LogP contribution in [0.1, 0.15) is 29.3 Å². The van der Waals surface area contributed by atoms with Crippen LogP contribution in [0.5, 0.6) is 0 Å². The van der Waals surface area contributed by atoms with Gasteiger partial charge < -0.3 is 14.6 Å². The first-order valence-corrected chi connectivity index (χ1v) is 10.5. The summed E-state index contributed by atoms with van der Waals surface area (Å²) in [6.45, 7) is 7.49. The number of nitrogens with one attached hydrogen (secondary N) is 2. The van der Waals surface area contributed by atoms with Gasteiger partial charge in [0.2, 0.25) is 5.95 Å². The van der Waals surface area contributed by atoms with Crippen molar-refractivity contribution in [3.8, 4) is 0 Å². The molecule has 0 unspecified atom stereocenters.